The number of carboxylic acids is 1. The van der Waals surface area contributed by atoms with Crippen molar-refractivity contribution in [3.63, 3.8) is 0 Å². The lowest BCUT2D eigenvalue weighted by molar-refractivity contribution is -0.136. The number of carboxylic acid groups (broad SMARTS) is 1. The smallest absolute Gasteiger partial charge is 0.309 e. The van der Waals surface area contributed by atoms with Crippen LogP contribution in [0.4, 0.5) is 0 Å². The Morgan fingerprint density at radius 1 is 1.29 bits per heavy atom. The van der Waals surface area contributed by atoms with Gasteiger partial charge in [-0.2, -0.15) is 0 Å². The quantitative estimate of drug-likeness (QED) is 0.838. The van der Waals surface area contributed by atoms with E-state index in [1.54, 1.807) is 10.9 Å². The van der Waals surface area contributed by atoms with Gasteiger partial charge in [0.1, 0.15) is 0 Å². The Morgan fingerprint density at radius 3 is 2.76 bits per heavy atom. The maximum Gasteiger partial charge on any atom is 0.309 e. The van der Waals surface area contributed by atoms with E-state index < -0.39 is 5.97 Å². The second-order valence-electron chi connectivity index (χ2n) is 3.78. The molecule has 17 heavy (non-hydrogen) atoms. The van der Waals surface area contributed by atoms with E-state index in [9.17, 15) is 4.79 Å². The van der Waals surface area contributed by atoms with Crippen LogP contribution in [0.1, 0.15) is 11.3 Å². The second-order valence-corrected chi connectivity index (χ2v) is 3.78. The van der Waals surface area contributed by atoms with Gasteiger partial charge >= 0.3 is 5.97 Å². The van der Waals surface area contributed by atoms with Crippen LogP contribution in [-0.2, 0) is 24.2 Å². The van der Waals surface area contributed by atoms with E-state index in [2.05, 4.69) is 22.4 Å². The minimum atomic E-state index is -0.889. The summed E-state index contributed by atoms with van der Waals surface area (Å²) in [7, 11) is 0. The Balaban J connectivity index is 1.91. The SMILES string of the molecule is O=C(O)Cc1cn(CCc2ccccc2)nn1. The highest BCUT2D eigenvalue weighted by molar-refractivity contribution is 5.69. The Bertz CT molecular complexity index is 493. The van der Waals surface area contributed by atoms with E-state index >= 15 is 0 Å². The van der Waals surface area contributed by atoms with Crippen LogP contribution < -0.4 is 0 Å². The van der Waals surface area contributed by atoms with Crippen molar-refractivity contribution in [2.75, 3.05) is 0 Å². The van der Waals surface area contributed by atoms with Gasteiger partial charge in [-0.15, -0.1) is 5.10 Å². The molecule has 1 aromatic heterocycles. The molecule has 5 nitrogen and oxygen atoms in total. The lowest BCUT2D eigenvalue weighted by atomic mass is 10.1. The first-order valence-electron chi connectivity index (χ1n) is 5.39. The first-order chi connectivity index (χ1) is 8.24. The zero-order valence-electron chi connectivity index (χ0n) is 9.28. The van der Waals surface area contributed by atoms with Crippen LogP contribution in [0.3, 0.4) is 0 Å². The molecule has 2 aromatic rings. The summed E-state index contributed by atoms with van der Waals surface area (Å²) in [6, 6.07) is 10.1. The first-order valence-corrected chi connectivity index (χ1v) is 5.39. The number of aliphatic carboxylic acids is 1. The monoisotopic (exact) mass is 231 g/mol. The lowest BCUT2D eigenvalue weighted by Gasteiger charge is -2.00. The molecule has 0 fully saturated rings. The van der Waals surface area contributed by atoms with Crippen molar-refractivity contribution in [2.24, 2.45) is 0 Å². The molecule has 2 rings (SSSR count). The number of carbonyl (C=O) groups is 1. The average Bonchev–Trinajstić information content (AvgIpc) is 2.75. The summed E-state index contributed by atoms with van der Waals surface area (Å²) in [5.74, 6) is -0.889. The molecular weight excluding hydrogens is 218 g/mol. The maximum atomic E-state index is 10.5. The number of aromatic nitrogens is 3. The van der Waals surface area contributed by atoms with Gasteiger partial charge in [0.2, 0.25) is 0 Å². The summed E-state index contributed by atoms with van der Waals surface area (Å²) >= 11 is 0. The summed E-state index contributed by atoms with van der Waals surface area (Å²) in [5, 5.41) is 16.3. The van der Waals surface area contributed by atoms with Crippen LogP contribution in [0.25, 0.3) is 0 Å². The molecule has 0 unspecified atom stereocenters. The van der Waals surface area contributed by atoms with Gasteiger partial charge in [0.15, 0.2) is 0 Å². The van der Waals surface area contributed by atoms with Crippen LogP contribution in [0, 0.1) is 0 Å². The number of hydrogen-bond acceptors (Lipinski definition) is 3. The highest BCUT2D eigenvalue weighted by Gasteiger charge is 2.05. The molecule has 0 saturated heterocycles. The van der Waals surface area contributed by atoms with Gasteiger partial charge in [-0.05, 0) is 12.0 Å². The fourth-order valence-corrected chi connectivity index (χ4v) is 1.57. The van der Waals surface area contributed by atoms with E-state index in [1.807, 2.05) is 18.2 Å². The summed E-state index contributed by atoms with van der Waals surface area (Å²) in [4.78, 5) is 10.5. The van der Waals surface area contributed by atoms with Crippen molar-refractivity contribution in [1.29, 1.82) is 0 Å². The molecule has 0 atom stereocenters. The fraction of sp³-hybridized carbons (Fsp3) is 0.250. The van der Waals surface area contributed by atoms with Gasteiger partial charge in [0.25, 0.3) is 0 Å². The molecule has 0 aliphatic carbocycles. The average molecular weight is 231 g/mol. The normalized spacial score (nSPS) is 10.4. The number of rotatable bonds is 5. The third-order valence-corrected chi connectivity index (χ3v) is 2.39. The molecule has 0 amide bonds. The number of aryl methyl sites for hydroxylation is 2. The maximum absolute atomic E-state index is 10.5. The van der Waals surface area contributed by atoms with E-state index in [0.717, 1.165) is 6.42 Å². The molecule has 0 bridgehead atoms. The highest BCUT2D eigenvalue weighted by atomic mass is 16.4. The zero-order chi connectivity index (χ0) is 12.1. The minimum Gasteiger partial charge on any atom is -0.481 e. The molecule has 5 heteroatoms. The van der Waals surface area contributed by atoms with Crippen LogP contribution in [0.15, 0.2) is 36.5 Å². The van der Waals surface area contributed by atoms with Gasteiger partial charge in [-0.1, -0.05) is 35.5 Å². The lowest BCUT2D eigenvalue weighted by Crippen LogP contribution is -2.02. The fourth-order valence-electron chi connectivity index (χ4n) is 1.57. The summed E-state index contributed by atoms with van der Waals surface area (Å²) < 4.78 is 1.67. The van der Waals surface area contributed by atoms with Gasteiger partial charge in [-0.3, -0.25) is 9.48 Å². The van der Waals surface area contributed by atoms with Crippen molar-refractivity contribution >= 4 is 5.97 Å². The second kappa shape index (κ2) is 5.25. The summed E-state index contributed by atoms with van der Waals surface area (Å²) in [6.07, 6.45) is 2.46. The largest absolute Gasteiger partial charge is 0.481 e. The van der Waals surface area contributed by atoms with E-state index in [0.29, 0.717) is 12.2 Å². The minimum absolute atomic E-state index is 0.0780. The van der Waals surface area contributed by atoms with Crippen LogP contribution in [0.2, 0.25) is 0 Å². The molecule has 88 valence electrons. The van der Waals surface area contributed by atoms with Crippen molar-refractivity contribution in [3.05, 3.63) is 47.8 Å². The Labute approximate surface area is 98.7 Å². The van der Waals surface area contributed by atoms with Gasteiger partial charge in [0, 0.05) is 12.7 Å². The van der Waals surface area contributed by atoms with Crippen molar-refractivity contribution in [1.82, 2.24) is 15.0 Å². The van der Waals surface area contributed by atoms with Gasteiger partial charge in [0.05, 0.1) is 12.1 Å². The topological polar surface area (TPSA) is 68.0 Å². The van der Waals surface area contributed by atoms with Crippen molar-refractivity contribution < 1.29 is 9.90 Å². The van der Waals surface area contributed by atoms with Crippen LogP contribution >= 0.6 is 0 Å². The molecule has 0 radical (unpaired) electrons. The molecule has 0 aliphatic heterocycles. The molecule has 1 heterocycles. The van der Waals surface area contributed by atoms with E-state index in [-0.39, 0.29) is 6.42 Å². The first kappa shape index (κ1) is 11.3. The standard InChI is InChI=1S/C12H13N3O2/c16-12(17)8-11-9-15(14-13-11)7-6-10-4-2-1-3-5-10/h1-5,9H,6-8H2,(H,16,17). The number of nitrogens with zero attached hydrogens (tertiary/aromatic N) is 3. The van der Waals surface area contributed by atoms with Crippen molar-refractivity contribution in [2.45, 2.75) is 19.4 Å². The molecule has 1 N–H and O–H groups in total. The zero-order valence-corrected chi connectivity index (χ0v) is 9.28. The van der Waals surface area contributed by atoms with Crippen LogP contribution in [-0.4, -0.2) is 26.1 Å². The Morgan fingerprint density at radius 2 is 2.06 bits per heavy atom. The van der Waals surface area contributed by atoms with Gasteiger partial charge < -0.3 is 5.11 Å². The molecule has 0 saturated carbocycles. The molecule has 0 aliphatic rings. The highest BCUT2D eigenvalue weighted by Crippen LogP contribution is 2.02. The van der Waals surface area contributed by atoms with Crippen LogP contribution in [0.5, 0.6) is 0 Å². The predicted molar refractivity (Wildman–Crippen MR) is 61.5 cm³/mol. The van der Waals surface area contributed by atoms with E-state index in [4.69, 9.17) is 5.11 Å². The number of hydrogen-bond donors (Lipinski definition) is 1. The van der Waals surface area contributed by atoms with Gasteiger partial charge in [-0.25, -0.2) is 0 Å². The van der Waals surface area contributed by atoms with Crippen molar-refractivity contribution in [3.8, 4) is 0 Å². The van der Waals surface area contributed by atoms with E-state index in [1.165, 1.54) is 5.56 Å². The summed E-state index contributed by atoms with van der Waals surface area (Å²) in [5.41, 5.74) is 1.72. The third-order valence-electron chi connectivity index (χ3n) is 2.39. The molecule has 0 spiro atoms. The number of benzene rings is 1. The predicted octanol–water partition coefficient (Wildman–Crippen LogP) is 1.15. The Kier molecular flexibility index (Phi) is 3.49. The molecule has 1 aromatic carbocycles. The Hall–Kier alpha value is -2.17. The third kappa shape index (κ3) is 3.41. The molecular formula is C12H13N3O2. The summed E-state index contributed by atoms with van der Waals surface area (Å²) in [6.45, 7) is 0.705.